The van der Waals surface area contributed by atoms with Crippen LogP contribution in [0, 0.1) is 0 Å². The van der Waals surface area contributed by atoms with Crippen molar-refractivity contribution in [3.63, 3.8) is 0 Å². The van der Waals surface area contributed by atoms with Gasteiger partial charge in [-0.1, -0.05) is 0 Å². The number of hydrogen-bond acceptors (Lipinski definition) is 1. The Labute approximate surface area is 139 Å². The molecule has 0 rings (SSSR count). The Bertz CT molecular complexity index is 37.9. The molecule has 0 amide bonds. The summed E-state index contributed by atoms with van der Waals surface area (Å²) in [4.78, 5) is 8.56. The predicted octanol–water partition coefficient (Wildman–Crippen LogP) is -3.37. The molecule has 0 aromatic heterocycles. The summed E-state index contributed by atoms with van der Waals surface area (Å²) in [5, 5.41) is 13.9. The summed E-state index contributed by atoms with van der Waals surface area (Å²) in [6.07, 6.45) is -1.83. The number of rotatable bonds is 0. The molecule has 0 unspecified atom stereocenters. The van der Waals surface area contributed by atoms with E-state index in [0.29, 0.717) is 0 Å². The van der Waals surface area contributed by atoms with Crippen molar-refractivity contribution < 1.29 is 26.0 Å². The number of carbonyl (C=O) groups is 1. The van der Waals surface area contributed by atoms with Crippen LogP contribution in [0.1, 0.15) is 0 Å². The van der Waals surface area contributed by atoms with Crippen LogP contribution in [0.5, 0.6) is 0 Å². The molecule has 5 nitrogen and oxygen atoms in total. The van der Waals surface area contributed by atoms with Crippen LogP contribution in [0.25, 0.3) is 0 Å². The first-order valence-corrected chi connectivity index (χ1v) is 0.651. The van der Waals surface area contributed by atoms with Crippen molar-refractivity contribution in [3.05, 3.63) is 0 Å². The third kappa shape index (κ3) is 106. The first-order chi connectivity index (χ1) is 1.73. The Morgan fingerprint density at radius 1 is 1.00 bits per heavy atom. The van der Waals surface area contributed by atoms with Crippen molar-refractivity contribution in [1.82, 2.24) is 0 Å². The van der Waals surface area contributed by atoms with Crippen molar-refractivity contribution in [2.75, 3.05) is 0 Å². The Hall–Kier alpha value is 2.83. The van der Waals surface area contributed by atoms with Crippen LogP contribution in [0.3, 0.4) is 0 Å². The van der Waals surface area contributed by atoms with E-state index in [4.69, 9.17) is 15.0 Å². The molecule has 0 saturated carbocycles. The first kappa shape index (κ1) is 40.8. The molecule has 0 radical (unpaired) electrons. The predicted molar refractivity (Wildman–Crippen MR) is 39.3 cm³/mol. The second kappa shape index (κ2) is 30.8. The van der Waals surface area contributed by atoms with Gasteiger partial charge in [0, 0.05) is 0 Å². The molecule has 0 aromatic rings. The molecule has 0 spiro atoms. The van der Waals surface area contributed by atoms with Gasteiger partial charge in [-0.15, -0.1) is 0 Å². The second-order valence-electron chi connectivity index (χ2n) is 0.283. The minimum atomic E-state index is -1.83. The van der Waals surface area contributed by atoms with Gasteiger partial charge in [-0.3, -0.25) is 0 Å². The van der Waals surface area contributed by atoms with Crippen LogP contribution in [0.2, 0.25) is 0 Å². The van der Waals surface area contributed by atoms with E-state index in [9.17, 15) is 0 Å². The number of carboxylic acid groups (broad SMARTS) is 2. The monoisotopic (exact) mass is 186 g/mol. The van der Waals surface area contributed by atoms with Crippen LogP contribution in [-0.2, 0) is 0 Å². The quantitative estimate of drug-likeness (QED) is 0.384. The summed E-state index contributed by atoms with van der Waals surface area (Å²) in [7, 11) is 0. The van der Waals surface area contributed by atoms with Crippen LogP contribution in [0.15, 0.2) is 0 Å². The molecule has 0 heterocycles. The summed E-state index contributed by atoms with van der Waals surface area (Å²) in [6, 6.07) is 0. The van der Waals surface area contributed by atoms with Gasteiger partial charge >= 0.3 is 117 Å². The van der Waals surface area contributed by atoms with Crippen molar-refractivity contribution >= 4 is 117 Å². The van der Waals surface area contributed by atoms with Gasteiger partial charge in [0.05, 0.1) is 0 Å². The minimum absolute atomic E-state index is 0. The topological polar surface area (TPSA) is 121 Å². The van der Waals surface area contributed by atoms with Crippen LogP contribution in [0.4, 0.5) is 4.79 Å². The van der Waals surface area contributed by atoms with Gasteiger partial charge in [-0.2, -0.15) is 0 Å². The van der Waals surface area contributed by atoms with Gasteiger partial charge in [0.2, 0.25) is 0 Å². The molecule has 46 valence electrons. The molecule has 9 heavy (non-hydrogen) atoms. The fraction of sp³-hybridized carbons (Fsp3) is 0. The van der Waals surface area contributed by atoms with Crippen LogP contribution in [-0.4, -0.2) is 138 Å². The second-order valence-corrected chi connectivity index (χ2v) is 0.283. The Balaban J connectivity index is -0.00000000450. The van der Waals surface area contributed by atoms with Gasteiger partial charge < -0.3 is 21.2 Å². The van der Waals surface area contributed by atoms with Crippen LogP contribution < -0.4 is 0 Å². The fourth-order valence-corrected chi connectivity index (χ4v) is 0. The van der Waals surface area contributed by atoms with E-state index in [-0.39, 0.29) is 121 Å². The van der Waals surface area contributed by atoms with Crippen molar-refractivity contribution in [3.8, 4) is 0 Å². The standard InChI is InChI=1S/CH2O3.K.2Na.2H2O.3H/c2-1(3)4;;;;;;;;/h(H2,2,3,4);;;;2*1H2;;;. The molecule has 0 aliphatic rings. The van der Waals surface area contributed by atoms with E-state index in [1.165, 1.54) is 0 Å². The maximum atomic E-state index is 8.56. The van der Waals surface area contributed by atoms with Gasteiger partial charge in [-0.05, 0) is 0 Å². The molecule has 0 fully saturated rings. The Morgan fingerprint density at radius 2 is 1.00 bits per heavy atom. The molecule has 0 bridgehead atoms. The maximum absolute atomic E-state index is 8.56. The van der Waals surface area contributed by atoms with Gasteiger partial charge in [0.1, 0.15) is 0 Å². The zero-order valence-electron chi connectivity index (χ0n) is 2.80. The van der Waals surface area contributed by atoms with E-state index in [1.807, 2.05) is 0 Å². The molecular formula is CH9KNa2O5. The zero-order chi connectivity index (χ0) is 3.58. The third-order valence-electron chi connectivity index (χ3n) is 0. The van der Waals surface area contributed by atoms with E-state index in [0.717, 1.165) is 0 Å². The Kier molecular flexibility index (Phi) is 140. The molecule has 6 N–H and O–H groups in total. The third-order valence-corrected chi connectivity index (χ3v) is 0. The zero-order valence-corrected chi connectivity index (χ0v) is 2.80. The van der Waals surface area contributed by atoms with E-state index in [2.05, 4.69) is 0 Å². The Morgan fingerprint density at radius 3 is 1.00 bits per heavy atom. The normalized spacial score (nSPS) is 2.67. The van der Waals surface area contributed by atoms with E-state index < -0.39 is 6.16 Å². The summed E-state index contributed by atoms with van der Waals surface area (Å²) in [6.45, 7) is 0. The number of hydrogen-bond donors (Lipinski definition) is 2. The summed E-state index contributed by atoms with van der Waals surface area (Å²) >= 11 is 0. The average Bonchev–Trinajstić information content (AvgIpc) is 0.811. The van der Waals surface area contributed by atoms with Crippen molar-refractivity contribution in [2.24, 2.45) is 0 Å². The summed E-state index contributed by atoms with van der Waals surface area (Å²) < 4.78 is 0. The molecule has 0 aliphatic carbocycles. The molecule has 0 aliphatic heterocycles. The van der Waals surface area contributed by atoms with Gasteiger partial charge in [-0.25, -0.2) is 4.79 Å². The fourth-order valence-electron chi connectivity index (χ4n) is 0. The van der Waals surface area contributed by atoms with Gasteiger partial charge in [0.15, 0.2) is 0 Å². The molecule has 0 saturated heterocycles. The van der Waals surface area contributed by atoms with E-state index in [1.54, 1.807) is 0 Å². The average molecular weight is 186 g/mol. The molecule has 0 aromatic carbocycles. The molecule has 0 atom stereocenters. The van der Waals surface area contributed by atoms with Crippen molar-refractivity contribution in [1.29, 1.82) is 0 Å². The summed E-state index contributed by atoms with van der Waals surface area (Å²) in [5.41, 5.74) is 0. The molecule has 8 heteroatoms. The van der Waals surface area contributed by atoms with Gasteiger partial charge in [0.25, 0.3) is 0 Å². The summed E-state index contributed by atoms with van der Waals surface area (Å²) in [5.74, 6) is 0. The van der Waals surface area contributed by atoms with Crippen molar-refractivity contribution in [2.45, 2.75) is 0 Å². The van der Waals surface area contributed by atoms with E-state index >= 15 is 0 Å². The SMILES string of the molecule is O.O.O=C(O)O.[KH].[NaH].[NaH]. The first-order valence-electron chi connectivity index (χ1n) is 0.651. The van der Waals surface area contributed by atoms with Crippen LogP contribution >= 0.6 is 0 Å². The molecular weight excluding hydrogens is 177 g/mol.